The molecule has 8 heteroatoms. The van der Waals surface area contributed by atoms with Gasteiger partial charge in [-0.1, -0.05) is 6.07 Å². The fourth-order valence-corrected chi connectivity index (χ4v) is 3.51. The Morgan fingerprint density at radius 2 is 1.88 bits per heavy atom. The molecule has 0 atom stereocenters. The van der Waals surface area contributed by atoms with Crippen LogP contribution in [0.5, 0.6) is 0 Å². The molecule has 130 valence electrons. The third kappa shape index (κ3) is 3.26. The first kappa shape index (κ1) is 17.1. The molecule has 0 unspecified atom stereocenters. The quantitative estimate of drug-likeness (QED) is 0.744. The van der Waals surface area contributed by atoms with Crippen molar-refractivity contribution >= 4 is 32.3 Å². The number of hydrogen-bond acceptors (Lipinski definition) is 5. The van der Waals surface area contributed by atoms with Crippen LogP contribution in [0.25, 0.3) is 10.8 Å². The van der Waals surface area contributed by atoms with Gasteiger partial charge >= 0.3 is 0 Å². The summed E-state index contributed by atoms with van der Waals surface area (Å²) >= 11 is 0. The number of rotatable bonds is 3. The highest BCUT2D eigenvalue weighted by molar-refractivity contribution is 7.89. The number of sulfonamides is 1. The normalized spacial score (nSPS) is 11.7. The summed E-state index contributed by atoms with van der Waals surface area (Å²) in [5.74, 6) is 0.375. The smallest absolute Gasteiger partial charge is 0.261 e. The van der Waals surface area contributed by atoms with Gasteiger partial charge in [0, 0.05) is 24.6 Å². The Morgan fingerprint density at radius 3 is 2.56 bits per heavy atom. The molecular formula is C17H18N4O3S. The number of benzene rings is 1. The Balaban J connectivity index is 2.19. The molecule has 0 aliphatic carbocycles. The van der Waals surface area contributed by atoms with Gasteiger partial charge in [-0.3, -0.25) is 4.79 Å². The van der Waals surface area contributed by atoms with Crippen molar-refractivity contribution in [2.75, 3.05) is 5.32 Å². The first-order chi connectivity index (χ1) is 11.7. The van der Waals surface area contributed by atoms with E-state index < -0.39 is 10.0 Å². The lowest BCUT2D eigenvalue weighted by atomic mass is 10.1. The van der Waals surface area contributed by atoms with Gasteiger partial charge in [0.25, 0.3) is 5.56 Å². The highest BCUT2D eigenvalue weighted by atomic mass is 32.2. The summed E-state index contributed by atoms with van der Waals surface area (Å²) in [5, 5.41) is 9.50. The third-order valence-electron chi connectivity index (χ3n) is 3.95. The zero-order valence-electron chi connectivity index (χ0n) is 14.1. The fourth-order valence-electron chi connectivity index (χ4n) is 2.70. The van der Waals surface area contributed by atoms with Crippen LogP contribution in [0.3, 0.4) is 0 Å². The highest BCUT2D eigenvalue weighted by Gasteiger charge is 2.14. The Bertz CT molecular complexity index is 1150. The van der Waals surface area contributed by atoms with Crippen LogP contribution in [0, 0.1) is 13.8 Å². The van der Waals surface area contributed by atoms with Crippen LogP contribution in [0.1, 0.15) is 11.3 Å². The summed E-state index contributed by atoms with van der Waals surface area (Å²) in [4.78, 5) is 16.9. The maximum atomic E-state index is 12.5. The van der Waals surface area contributed by atoms with Crippen molar-refractivity contribution in [1.82, 2.24) is 9.55 Å². The van der Waals surface area contributed by atoms with E-state index in [1.165, 1.54) is 10.6 Å². The van der Waals surface area contributed by atoms with Crippen LogP contribution in [-0.4, -0.2) is 18.0 Å². The molecule has 0 fully saturated rings. The van der Waals surface area contributed by atoms with Crippen LogP contribution in [-0.2, 0) is 17.1 Å². The SMILES string of the molecule is Cc1cc2ccn(C)c(=O)c2c(Nc2ccc(C)c(S(N)(=O)=O)c2)n1. The molecule has 0 aliphatic rings. The second-order valence-electron chi connectivity index (χ2n) is 5.96. The second kappa shape index (κ2) is 5.98. The first-order valence-corrected chi connectivity index (χ1v) is 9.09. The average Bonchev–Trinajstić information content (AvgIpc) is 2.51. The molecule has 2 aromatic heterocycles. The molecule has 3 N–H and O–H groups in total. The van der Waals surface area contributed by atoms with Crippen molar-refractivity contribution in [3.8, 4) is 0 Å². The Hall–Kier alpha value is -2.71. The zero-order chi connectivity index (χ0) is 18.4. The number of nitrogens with one attached hydrogen (secondary N) is 1. The molecule has 25 heavy (non-hydrogen) atoms. The van der Waals surface area contributed by atoms with Crippen molar-refractivity contribution in [3.63, 3.8) is 0 Å². The predicted octanol–water partition coefficient (Wildman–Crippen LogP) is 1.94. The van der Waals surface area contributed by atoms with E-state index >= 15 is 0 Å². The number of nitrogens with two attached hydrogens (primary N) is 1. The Kier molecular flexibility index (Phi) is 4.09. The second-order valence-corrected chi connectivity index (χ2v) is 7.49. The first-order valence-electron chi connectivity index (χ1n) is 7.54. The maximum absolute atomic E-state index is 12.5. The molecule has 3 rings (SSSR count). The van der Waals surface area contributed by atoms with E-state index in [0.29, 0.717) is 22.5 Å². The van der Waals surface area contributed by atoms with E-state index in [9.17, 15) is 13.2 Å². The molecule has 0 bridgehead atoms. The summed E-state index contributed by atoms with van der Waals surface area (Å²) < 4.78 is 24.9. The van der Waals surface area contributed by atoms with Crippen molar-refractivity contribution in [3.05, 3.63) is 58.1 Å². The molecule has 0 saturated heterocycles. The van der Waals surface area contributed by atoms with E-state index in [2.05, 4.69) is 10.3 Å². The number of aromatic nitrogens is 2. The van der Waals surface area contributed by atoms with Gasteiger partial charge in [0.2, 0.25) is 10.0 Å². The van der Waals surface area contributed by atoms with Crippen molar-refractivity contribution in [2.24, 2.45) is 12.2 Å². The van der Waals surface area contributed by atoms with Gasteiger partial charge < -0.3 is 9.88 Å². The number of primary sulfonamides is 1. The zero-order valence-corrected chi connectivity index (χ0v) is 14.9. The van der Waals surface area contributed by atoms with Crippen LogP contribution < -0.4 is 16.0 Å². The Morgan fingerprint density at radius 1 is 1.16 bits per heavy atom. The number of aryl methyl sites for hydroxylation is 3. The lowest BCUT2D eigenvalue weighted by Crippen LogP contribution is -2.17. The van der Waals surface area contributed by atoms with Gasteiger partial charge in [0.05, 0.1) is 10.3 Å². The van der Waals surface area contributed by atoms with Crippen molar-refractivity contribution < 1.29 is 8.42 Å². The monoisotopic (exact) mass is 358 g/mol. The van der Waals surface area contributed by atoms with Gasteiger partial charge in [0.1, 0.15) is 5.82 Å². The fraction of sp³-hybridized carbons (Fsp3) is 0.176. The average molecular weight is 358 g/mol. The molecule has 0 aliphatic heterocycles. The van der Waals surface area contributed by atoms with Crippen LogP contribution in [0.15, 0.2) is 46.2 Å². The highest BCUT2D eigenvalue weighted by Crippen LogP contribution is 2.25. The van der Waals surface area contributed by atoms with Crippen molar-refractivity contribution in [2.45, 2.75) is 18.7 Å². The van der Waals surface area contributed by atoms with E-state index in [1.807, 2.05) is 19.1 Å². The minimum absolute atomic E-state index is 0.0300. The minimum atomic E-state index is -3.84. The number of fused-ring (bicyclic) bond motifs is 1. The predicted molar refractivity (Wildman–Crippen MR) is 97.6 cm³/mol. The lowest BCUT2D eigenvalue weighted by molar-refractivity contribution is 0.597. The van der Waals surface area contributed by atoms with Gasteiger partial charge in [0.15, 0.2) is 0 Å². The van der Waals surface area contributed by atoms with Crippen LogP contribution in [0.4, 0.5) is 11.5 Å². The van der Waals surface area contributed by atoms with E-state index in [0.717, 1.165) is 11.1 Å². The van der Waals surface area contributed by atoms with Gasteiger partial charge in [-0.15, -0.1) is 0 Å². The summed E-state index contributed by atoms with van der Waals surface area (Å²) in [6.45, 7) is 3.49. The standard InChI is InChI=1S/C17H18N4O3S/c1-10-4-5-13(9-14(10)25(18,23)24)20-16-15-12(8-11(2)19-16)6-7-21(3)17(15)22/h4-9H,1-3H3,(H,19,20)(H2,18,23,24). The van der Waals surface area contributed by atoms with E-state index in [1.54, 1.807) is 32.3 Å². The number of anilines is 2. The minimum Gasteiger partial charge on any atom is -0.340 e. The van der Waals surface area contributed by atoms with Gasteiger partial charge in [-0.05, 0) is 49.1 Å². The topological polar surface area (TPSA) is 107 Å². The Labute approximate surface area is 145 Å². The molecule has 1 aromatic carbocycles. The number of hydrogen-bond donors (Lipinski definition) is 2. The maximum Gasteiger partial charge on any atom is 0.261 e. The largest absolute Gasteiger partial charge is 0.340 e. The van der Waals surface area contributed by atoms with Crippen LogP contribution >= 0.6 is 0 Å². The molecule has 0 amide bonds. The summed E-state index contributed by atoms with van der Waals surface area (Å²) in [7, 11) is -2.18. The van der Waals surface area contributed by atoms with Crippen molar-refractivity contribution in [1.29, 1.82) is 0 Å². The third-order valence-corrected chi connectivity index (χ3v) is 5.00. The summed E-state index contributed by atoms with van der Waals surface area (Å²) in [5.41, 5.74) is 1.58. The van der Waals surface area contributed by atoms with Crippen LogP contribution in [0.2, 0.25) is 0 Å². The molecule has 2 heterocycles. The summed E-state index contributed by atoms with van der Waals surface area (Å²) in [6, 6.07) is 8.47. The molecule has 7 nitrogen and oxygen atoms in total. The molecular weight excluding hydrogens is 340 g/mol. The van der Waals surface area contributed by atoms with Gasteiger partial charge in [-0.2, -0.15) is 0 Å². The molecule has 0 radical (unpaired) electrons. The molecule has 3 aromatic rings. The van der Waals surface area contributed by atoms with Gasteiger partial charge in [-0.25, -0.2) is 18.5 Å². The number of pyridine rings is 2. The summed E-state index contributed by atoms with van der Waals surface area (Å²) in [6.07, 6.45) is 1.69. The number of nitrogens with zero attached hydrogens (tertiary/aromatic N) is 2. The lowest BCUT2D eigenvalue weighted by Gasteiger charge is -2.12. The molecule has 0 spiro atoms. The molecule has 0 saturated carbocycles. The van der Waals surface area contributed by atoms with E-state index in [4.69, 9.17) is 5.14 Å². The van der Waals surface area contributed by atoms with E-state index in [-0.39, 0.29) is 10.5 Å².